The number of likely N-dealkylation sites (N-methyl/N-ethyl adjacent to an activating group) is 1. The molecule has 0 aliphatic heterocycles. The first kappa shape index (κ1) is 13.3. The second-order valence-electron chi connectivity index (χ2n) is 4.35. The smallest absolute Gasteiger partial charge is 0.191 e. The van der Waals surface area contributed by atoms with Crippen LogP contribution in [0.3, 0.4) is 0 Å². The minimum Gasteiger partial charge on any atom is -0.383 e. The van der Waals surface area contributed by atoms with Gasteiger partial charge in [-0.1, -0.05) is 19.3 Å². The van der Waals surface area contributed by atoms with Crippen molar-refractivity contribution >= 4 is 5.96 Å². The summed E-state index contributed by atoms with van der Waals surface area (Å²) in [5.74, 6) is 0.687. The minimum absolute atomic E-state index is 0.449. The van der Waals surface area contributed by atoms with Gasteiger partial charge in [-0.2, -0.15) is 0 Å². The molecule has 0 aromatic carbocycles. The maximum Gasteiger partial charge on any atom is 0.191 e. The number of guanidine groups is 1. The average molecular weight is 227 g/mol. The van der Waals surface area contributed by atoms with Gasteiger partial charge < -0.3 is 15.4 Å². The summed E-state index contributed by atoms with van der Waals surface area (Å²) in [6.07, 6.45) is 6.34. The lowest BCUT2D eigenvalue weighted by Crippen LogP contribution is -2.40. The van der Waals surface area contributed by atoms with E-state index in [2.05, 4.69) is 16.8 Å². The number of nitrogens with zero attached hydrogens (tertiary/aromatic N) is 2. The summed E-state index contributed by atoms with van der Waals surface area (Å²) >= 11 is 0. The van der Waals surface area contributed by atoms with Gasteiger partial charge in [-0.25, -0.2) is 4.99 Å². The Morgan fingerprint density at radius 1 is 1.38 bits per heavy atom. The van der Waals surface area contributed by atoms with Gasteiger partial charge in [0.2, 0.25) is 0 Å². The van der Waals surface area contributed by atoms with Crippen LogP contribution < -0.4 is 5.73 Å². The monoisotopic (exact) mass is 227 g/mol. The van der Waals surface area contributed by atoms with Gasteiger partial charge >= 0.3 is 0 Å². The molecular formula is C12H25N3O. The lowest BCUT2D eigenvalue weighted by atomic mass is 9.96. The number of methoxy groups -OCH3 is 1. The van der Waals surface area contributed by atoms with Crippen molar-refractivity contribution in [1.29, 1.82) is 0 Å². The molecule has 0 bridgehead atoms. The Morgan fingerprint density at radius 3 is 2.62 bits per heavy atom. The van der Waals surface area contributed by atoms with Crippen LogP contribution in [-0.2, 0) is 4.74 Å². The lowest BCUT2D eigenvalue weighted by Gasteiger charge is -2.24. The van der Waals surface area contributed by atoms with Crippen molar-refractivity contribution in [3.8, 4) is 0 Å². The average Bonchev–Trinajstić information content (AvgIpc) is 2.31. The third kappa shape index (κ3) is 4.39. The molecule has 4 nitrogen and oxygen atoms in total. The van der Waals surface area contributed by atoms with Crippen LogP contribution in [0.4, 0.5) is 0 Å². The molecule has 0 spiro atoms. The van der Waals surface area contributed by atoms with Crippen LogP contribution in [0.25, 0.3) is 0 Å². The van der Waals surface area contributed by atoms with Crippen molar-refractivity contribution in [2.75, 3.05) is 26.8 Å². The summed E-state index contributed by atoms with van der Waals surface area (Å²) in [6, 6.07) is 0.449. The first-order valence-electron chi connectivity index (χ1n) is 6.35. The van der Waals surface area contributed by atoms with Gasteiger partial charge in [0, 0.05) is 20.2 Å². The first-order valence-corrected chi connectivity index (χ1v) is 6.35. The Kier molecular flexibility index (Phi) is 6.23. The molecule has 0 unspecified atom stereocenters. The first-order chi connectivity index (χ1) is 7.77. The highest BCUT2D eigenvalue weighted by molar-refractivity contribution is 5.78. The Labute approximate surface area is 98.9 Å². The van der Waals surface area contributed by atoms with E-state index >= 15 is 0 Å². The fraction of sp³-hybridized carbons (Fsp3) is 0.917. The van der Waals surface area contributed by atoms with E-state index in [9.17, 15) is 0 Å². The molecule has 1 fully saturated rings. The van der Waals surface area contributed by atoms with Crippen molar-refractivity contribution in [3.05, 3.63) is 0 Å². The van der Waals surface area contributed by atoms with E-state index in [0.717, 1.165) is 13.1 Å². The summed E-state index contributed by atoms with van der Waals surface area (Å²) < 4.78 is 5.06. The predicted molar refractivity (Wildman–Crippen MR) is 67.6 cm³/mol. The summed E-state index contributed by atoms with van der Waals surface area (Å²) in [6.45, 7) is 4.52. The molecule has 94 valence electrons. The molecular weight excluding hydrogens is 202 g/mol. The number of nitrogens with two attached hydrogens (primary N) is 1. The van der Waals surface area contributed by atoms with Crippen LogP contribution in [0, 0.1) is 0 Å². The number of aliphatic imine (C=N–C) groups is 1. The Balaban J connectivity index is 2.44. The van der Waals surface area contributed by atoms with Crippen LogP contribution in [-0.4, -0.2) is 43.7 Å². The lowest BCUT2D eigenvalue weighted by molar-refractivity contribution is 0.177. The van der Waals surface area contributed by atoms with Gasteiger partial charge in [-0.15, -0.1) is 0 Å². The van der Waals surface area contributed by atoms with Crippen molar-refractivity contribution in [2.45, 2.75) is 45.1 Å². The fourth-order valence-electron chi connectivity index (χ4n) is 2.11. The Bertz CT molecular complexity index is 212. The quantitative estimate of drug-likeness (QED) is 0.573. The van der Waals surface area contributed by atoms with Gasteiger partial charge in [-0.3, -0.25) is 0 Å². The molecule has 1 saturated carbocycles. The summed E-state index contributed by atoms with van der Waals surface area (Å²) in [4.78, 5) is 6.71. The third-order valence-electron chi connectivity index (χ3n) is 3.16. The van der Waals surface area contributed by atoms with E-state index in [1.807, 2.05) is 0 Å². The van der Waals surface area contributed by atoms with E-state index < -0.39 is 0 Å². The third-order valence-corrected chi connectivity index (χ3v) is 3.16. The molecule has 0 radical (unpaired) electrons. The molecule has 16 heavy (non-hydrogen) atoms. The largest absolute Gasteiger partial charge is 0.383 e. The van der Waals surface area contributed by atoms with Crippen molar-refractivity contribution in [2.24, 2.45) is 10.7 Å². The summed E-state index contributed by atoms with van der Waals surface area (Å²) in [7, 11) is 1.71. The van der Waals surface area contributed by atoms with Crippen LogP contribution >= 0.6 is 0 Å². The zero-order chi connectivity index (χ0) is 11.8. The van der Waals surface area contributed by atoms with Crippen LogP contribution in [0.2, 0.25) is 0 Å². The maximum absolute atomic E-state index is 6.02. The summed E-state index contributed by atoms with van der Waals surface area (Å²) in [5.41, 5.74) is 6.02. The van der Waals surface area contributed by atoms with Crippen LogP contribution in [0.15, 0.2) is 4.99 Å². The molecule has 0 amide bonds. The number of rotatable bonds is 5. The highest BCUT2D eigenvalue weighted by Gasteiger charge is 2.14. The molecule has 0 aromatic heterocycles. The highest BCUT2D eigenvalue weighted by atomic mass is 16.5. The molecule has 0 aromatic rings. The molecule has 2 N–H and O–H groups in total. The molecule has 0 heterocycles. The zero-order valence-corrected chi connectivity index (χ0v) is 10.6. The Hall–Kier alpha value is -0.770. The van der Waals surface area contributed by atoms with E-state index in [-0.39, 0.29) is 0 Å². The van der Waals surface area contributed by atoms with Gasteiger partial charge in [0.25, 0.3) is 0 Å². The van der Waals surface area contributed by atoms with Crippen LogP contribution in [0.1, 0.15) is 39.0 Å². The molecule has 0 saturated heterocycles. The second kappa shape index (κ2) is 7.49. The number of hydrogen-bond acceptors (Lipinski definition) is 2. The van der Waals surface area contributed by atoms with E-state index in [1.54, 1.807) is 7.11 Å². The van der Waals surface area contributed by atoms with Gasteiger partial charge in [-0.05, 0) is 19.8 Å². The topological polar surface area (TPSA) is 50.9 Å². The van der Waals surface area contributed by atoms with Crippen molar-refractivity contribution in [1.82, 2.24) is 4.90 Å². The highest BCUT2D eigenvalue weighted by Crippen LogP contribution is 2.20. The fourth-order valence-corrected chi connectivity index (χ4v) is 2.11. The molecule has 0 atom stereocenters. The van der Waals surface area contributed by atoms with Gasteiger partial charge in [0.15, 0.2) is 5.96 Å². The minimum atomic E-state index is 0.449. The van der Waals surface area contributed by atoms with Crippen molar-refractivity contribution in [3.63, 3.8) is 0 Å². The maximum atomic E-state index is 6.02. The molecule has 1 aliphatic carbocycles. The Morgan fingerprint density at radius 2 is 2.06 bits per heavy atom. The van der Waals surface area contributed by atoms with Crippen molar-refractivity contribution < 1.29 is 4.74 Å². The second-order valence-corrected chi connectivity index (χ2v) is 4.35. The van der Waals surface area contributed by atoms with E-state index in [4.69, 9.17) is 10.5 Å². The molecule has 1 rings (SSSR count). The number of hydrogen-bond donors (Lipinski definition) is 1. The number of ether oxygens (including phenoxy) is 1. The zero-order valence-electron chi connectivity index (χ0n) is 10.6. The molecule has 1 aliphatic rings. The SMILES string of the molecule is CCN(CCOC)C(N)=NC1CCCCC1. The van der Waals surface area contributed by atoms with E-state index in [0.29, 0.717) is 18.6 Å². The van der Waals surface area contributed by atoms with Gasteiger partial charge in [0.05, 0.1) is 12.6 Å². The standard InChI is InChI=1S/C12H25N3O/c1-3-15(9-10-16-2)12(13)14-11-7-5-4-6-8-11/h11H,3-10H2,1-2H3,(H2,13,14). The van der Waals surface area contributed by atoms with E-state index in [1.165, 1.54) is 32.1 Å². The summed E-state index contributed by atoms with van der Waals surface area (Å²) in [5, 5.41) is 0. The molecule has 4 heteroatoms. The predicted octanol–water partition coefficient (Wildman–Crippen LogP) is 1.60. The van der Waals surface area contributed by atoms with Crippen LogP contribution in [0.5, 0.6) is 0 Å². The normalized spacial score (nSPS) is 18.8. The van der Waals surface area contributed by atoms with Gasteiger partial charge in [0.1, 0.15) is 0 Å².